The zero-order valence-corrected chi connectivity index (χ0v) is 46.8. The van der Waals surface area contributed by atoms with Crippen molar-refractivity contribution in [2.24, 2.45) is 5.92 Å². The third-order valence-electron chi connectivity index (χ3n) is 13.5. The molecule has 1 atom stereocenters. The molecule has 0 spiro atoms. The molecule has 0 heterocycles. The van der Waals surface area contributed by atoms with Crippen LogP contribution >= 0.6 is 0 Å². The second kappa shape index (κ2) is 55.4. The summed E-state index contributed by atoms with van der Waals surface area (Å²) in [5, 5.41) is 17.5. The van der Waals surface area contributed by atoms with Crippen molar-refractivity contribution < 1.29 is 43.6 Å². The summed E-state index contributed by atoms with van der Waals surface area (Å²) in [6, 6.07) is 0. The summed E-state index contributed by atoms with van der Waals surface area (Å²) in [6.45, 7) is 3.87. The Kier molecular flexibility index (Phi) is 52.7. The Labute approximate surface area is 442 Å². The monoisotopic (exact) mass is 1010 g/mol. The first kappa shape index (κ1) is 68.6. The number of esters is 1. The smallest absolute Gasteiger partial charge is 0.481 e. The number of ether oxygens (including phenoxy) is 3. The van der Waals surface area contributed by atoms with E-state index in [0.29, 0.717) is 25.6 Å². The highest BCUT2D eigenvalue weighted by atomic mass is 16.7. The van der Waals surface area contributed by atoms with Crippen molar-refractivity contribution in [1.29, 1.82) is 0 Å². The minimum absolute atomic E-state index is 0.200. The Bertz CT molecular complexity index is 1300. The van der Waals surface area contributed by atoms with E-state index in [0.717, 1.165) is 135 Å². The Hall–Kier alpha value is -3.40. The van der Waals surface area contributed by atoms with Crippen LogP contribution in [-0.4, -0.2) is 79.1 Å². The van der Waals surface area contributed by atoms with Crippen molar-refractivity contribution in [3.05, 3.63) is 48.6 Å². The van der Waals surface area contributed by atoms with Crippen LogP contribution in [0.4, 0.5) is 4.79 Å². The van der Waals surface area contributed by atoms with E-state index in [1.165, 1.54) is 116 Å². The molecule has 10 nitrogen and oxygen atoms in total. The molecule has 0 rings (SSSR count). The van der Waals surface area contributed by atoms with Gasteiger partial charge in [0, 0.05) is 25.8 Å². The number of hydrogen-bond donors (Lipinski definition) is 2. The lowest BCUT2D eigenvalue weighted by Crippen LogP contribution is -2.22. The molecule has 0 aromatic heterocycles. The lowest BCUT2D eigenvalue weighted by molar-refractivity contribution is -0.146. The second-order valence-corrected chi connectivity index (χ2v) is 20.8. The van der Waals surface area contributed by atoms with Crippen molar-refractivity contribution in [3.8, 4) is 0 Å². The van der Waals surface area contributed by atoms with Gasteiger partial charge >= 0.3 is 24.1 Å². The summed E-state index contributed by atoms with van der Waals surface area (Å²) in [6.07, 6.45) is 60.9. The number of carboxylic acid groups (broad SMARTS) is 2. The fraction of sp³-hybridized carbons (Fsp3) is 0.806. The van der Waals surface area contributed by atoms with Crippen LogP contribution in [-0.2, 0) is 28.6 Å². The topological polar surface area (TPSA) is 140 Å². The van der Waals surface area contributed by atoms with E-state index in [4.69, 9.17) is 24.4 Å². The van der Waals surface area contributed by atoms with Gasteiger partial charge in [0.25, 0.3) is 0 Å². The number of nitrogens with zero attached hydrogens (tertiary/aromatic N) is 1. The van der Waals surface area contributed by atoms with E-state index in [9.17, 15) is 19.2 Å². The van der Waals surface area contributed by atoms with Crippen LogP contribution in [0.3, 0.4) is 0 Å². The molecule has 0 saturated carbocycles. The average molecular weight is 1010 g/mol. The predicted octanol–water partition coefficient (Wildman–Crippen LogP) is 18.0. The fourth-order valence-electron chi connectivity index (χ4n) is 8.95. The molecule has 72 heavy (non-hydrogen) atoms. The summed E-state index contributed by atoms with van der Waals surface area (Å²) >= 11 is 0. The summed E-state index contributed by atoms with van der Waals surface area (Å²) in [5.41, 5.74) is 0. The summed E-state index contributed by atoms with van der Waals surface area (Å²) < 4.78 is 17.2. The van der Waals surface area contributed by atoms with Gasteiger partial charge in [0.1, 0.15) is 6.10 Å². The van der Waals surface area contributed by atoms with Crippen molar-refractivity contribution in [2.45, 2.75) is 283 Å². The molecule has 0 aliphatic carbocycles. The van der Waals surface area contributed by atoms with Gasteiger partial charge in [-0.3, -0.25) is 14.4 Å². The predicted molar refractivity (Wildman–Crippen MR) is 301 cm³/mol. The van der Waals surface area contributed by atoms with Crippen LogP contribution in [0.5, 0.6) is 0 Å². The number of aliphatic carboxylic acids is 2. The molecule has 0 radical (unpaired) electrons. The quantitative estimate of drug-likeness (QED) is 0.0344. The zero-order chi connectivity index (χ0) is 52.6. The minimum atomic E-state index is -0.694. The van der Waals surface area contributed by atoms with Crippen LogP contribution < -0.4 is 0 Å². The molecule has 0 aliphatic heterocycles. The molecule has 418 valence electrons. The van der Waals surface area contributed by atoms with E-state index in [1.54, 1.807) is 0 Å². The molecule has 0 aliphatic rings. The number of carboxylic acids is 2. The molecule has 0 aromatic rings. The maximum Gasteiger partial charge on any atom is 0.508 e. The molecular formula is C62H111NO9. The van der Waals surface area contributed by atoms with Crippen molar-refractivity contribution >= 4 is 24.1 Å². The van der Waals surface area contributed by atoms with Gasteiger partial charge in [-0.25, -0.2) is 4.79 Å². The van der Waals surface area contributed by atoms with Crippen molar-refractivity contribution in [2.75, 3.05) is 33.9 Å². The van der Waals surface area contributed by atoms with Gasteiger partial charge in [-0.1, -0.05) is 190 Å². The number of carbonyl (C=O) groups excluding carboxylic acids is 2. The lowest BCUT2D eigenvalue weighted by atomic mass is 9.95. The van der Waals surface area contributed by atoms with E-state index < -0.39 is 18.1 Å². The van der Waals surface area contributed by atoms with Gasteiger partial charge in [-0.2, -0.15) is 0 Å². The first-order chi connectivity index (χ1) is 35.1. The largest absolute Gasteiger partial charge is 0.508 e. The van der Waals surface area contributed by atoms with Gasteiger partial charge in [-0.05, 0) is 136 Å². The van der Waals surface area contributed by atoms with E-state index in [2.05, 4.69) is 60.4 Å². The fourth-order valence-corrected chi connectivity index (χ4v) is 8.95. The second-order valence-electron chi connectivity index (χ2n) is 20.8. The maximum absolute atomic E-state index is 13.2. The standard InChI is InChI=1S/C62H111NO9/c1-4-5-6-7-8-9-28-33-38-43-49-58(72-62(69)70-55-46-54-63(2)3)52-53-61(68)71-56-57(47-41-36-31-26-22-18-14-10-12-16-20-24-29-34-39-44-50-59(64)65)48-42-37-32-27-23-19-15-11-13-17-21-25-30-35-40-45-51-60(66)67/h12-19,57-58H,4-11,20-56H2,1-3H3,(H,64,65)(H,66,67)/b16-12-,17-13-,18-14-,19-15-. The Morgan fingerprint density at radius 3 is 1.24 bits per heavy atom. The Morgan fingerprint density at radius 2 is 0.819 bits per heavy atom. The number of carbonyl (C=O) groups is 4. The lowest BCUT2D eigenvalue weighted by Gasteiger charge is -2.19. The highest BCUT2D eigenvalue weighted by Gasteiger charge is 2.19. The number of unbranched alkanes of at least 4 members (excludes halogenated alkanes) is 27. The molecular weight excluding hydrogens is 903 g/mol. The minimum Gasteiger partial charge on any atom is -0.481 e. The normalized spacial score (nSPS) is 12.4. The summed E-state index contributed by atoms with van der Waals surface area (Å²) in [5.74, 6) is -1.23. The van der Waals surface area contributed by atoms with Gasteiger partial charge in [-0.15, -0.1) is 0 Å². The molecule has 10 heteroatoms. The summed E-state index contributed by atoms with van der Waals surface area (Å²) in [7, 11) is 4.00. The molecule has 0 aromatic carbocycles. The molecule has 2 N–H and O–H groups in total. The number of allylic oxidation sites excluding steroid dienone is 8. The van der Waals surface area contributed by atoms with E-state index >= 15 is 0 Å². The van der Waals surface area contributed by atoms with Crippen LogP contribution in [0.15, 0.2) is 48.6 Å². The van der Waals surface area contributed by atoms with Gasteiger partial charge in [0.2, 0.25) is 0 Å². The summed E-state index contributed by atoms with van der Waals surface area (Å²) in [4.78, 5) is 49.2. The van der Waals surface area contributed by atoms with Crippen LogP contribution in [0.25, 0.3) is 0 Å². The van der Waals surface area contributed by atoms with E-state index in [-0.39, 0.29) is 31.3 Å². The molecule has 1 unspecified atom stereocenters. The van der Waals surface area contributed by atoms with Gasteiger partial charge < -0.3 is 29.3 Å². The highest BCUT2D eigenvalue weighted by Crippen LogP contribution is 2.22. The van der Waals surface area contributed by atoms with Crippen LogP contribution in [0.2, 0.25) is 0 Å². The average Bonchev–Trinajstić information content (AvgIpc) is 3.35. The molecule has 0 bridgehead atoms. The van der Waals surface area contributed by atoms with Crippen LogP contribution in [0, 0.1) is 5.92 Å². The number of hydrogen-bond acceptors (Lipinski definition) is 8. The van der Waals surface area contributed by atoms with Crippen molar-refractivity contribution in [1.82, 2.24) is 4.90 Å². The van der Waals surface area contributed by atoms with Gasteiger partial charge in [0.05, 0.1) is 13.2 Å². The third kappa shape index (κ3) is 55.9. The Balaban J connectivity index is 4.86. The van der Waals surface area contributed by atoms with E-state index in [1.807, 2.05) is 14.1 Å². The van der Waals surface area contributed by atoms with Gasteiger partial charge in [0.15, 0.2) is 0 Å². The van der Waals surface area contributed by atoms with Crippen molar-refractivity contribution in [3.63, 3.8) is 0 Å². The molecule has 0 fully saturated rings. The Morgan fingerprint density at radius 1 is 0.431 bits per heavy atom. The highest BCUT2D eigenvalue weighted by molar-refractivity contribution is 5.69. The number of rotatable bonds is 55. The third-order valence-corrected chi connectivity index (χ3v) is 13.5. The maximum atomic E-state index is 13.2. The molecule has 0 amide bonds. The SMILES string of the molecule is CCCCCCCCCCCCC(CCC(=O)OCC(CCCCCC/C=C\C/C=C\CCCCCCCC(=O)O)CCCCCC/C=C\C/C=C\CCCCCCCC(=O)O)OC(=O)OCCCN(C)C. The zero-order valence-electron chi connectivity index (χ0n) is 46.8. The molecule has 0 saturated heterocycles. The van der Waals surface area contributed by atoms with Crippen LogP contribution in [0.1, 0.15) is 277 Å². The first-order valence-electron chi connectivity index (χ1n) is 29.8. The first-order valence-corrected chi connectivity index (χ1v) is 29.8.